The van der Waals surface area contributed by atoms with Gasteiger partial charge in [-0.15, -0.1) is 0 Å². The summed E-state index contributed by atoms with van der Waals surface area (Å²) < 4.78 is 0. The number of carbonyl (C=O) groups excluding carboxylic acids is 2. The molecule has 0 aliphatic heterocycles. The van der Waals surface area contributed by atoms with E-state index in [1.165, 1.54) is 18.2 Å². The highest BCUT2D eigenvalue weighted by Crippen LogP contribution is 2.20. The molecule has 0 saturated carbocycles. The summed E-state index contributed by atoms with van der Waals surface area (Å²) in [5, 5.41) is 24.4. The number of amides is 2. The van der Waals surface area contributed by atoms with Gasteiger partial charge in [-0.2, -0.15) is 0 Å². The minimum absolute atomic E-state index is 0.0902. The quantitative estimate of drug-likeness (QED) is 0.353. The van der Waals surface area contributed by atoms with Crippen molar-refractivity contribution in [1.82, 2.24) is 15.6 Å². The van der Waals surface area contributed by atoms with Crippen molar-refractivity contribution < 1.29 is 24.6 Å². The van der Waals surface area contributed by atoms with E-state index in [4.69, 9.17) is 17.3 Å². The first-order valence-corrected chi connectivity index (χ1v) is 10.7. The van der Waals surface area contributed by atoms with Crippen LogP contribution in [0.1, 0.15) is 36.2 Å². The van der Waals surface area contributed by atoms with E-state index >= 15 is 0 Å². The minimum Gasteiger partial charge on any atom is -0.506 e. The number of rotatable bonds is 9. The second kappa shape index (κ2) is 10.7. The van der Waals surface area contributed by atoms with Gasteiger partial charge >= 0.3 is 5.97 Å². The summed E-state index contributed by atoms with van der Waals surface area (Å²) in [7, 11) is 0. The van der Waals surface area contributed by atoms with E-state index in [9.17, 15) is 24.3 Å². The van der Waals surface area contributed by atoms with E-state index in [1.54, 1.807) is 0 Å². The maximum absolute atomic E-state index is 12.8. The van der Waals surface area contributed by atoms with Crippen molar-refractivity contribution in [2.45, 2.75) is 31.7 Å². The first-order chi connectivity index (χ1) is 15.8. The number of H-pyrrole nitrogens is 1. The molecule has 10 heteroatoms. The number of aromatic hydroxyl groups is 1. The molecule has 172 valence electrons. The highest BCUT2D eigenvalue weighted by atomic mass is 32.1. The Bertz CT molecular complexity index is 1230. The van der Waals surface area contributed by atoms with Crippen molar-refractivity contribution in [3.63, 3.8) is 0 Å². The third-order valence-corrected chi connectivity index (χ3v) is 5.57. The Morgan fingerprint density at radius 1 is 1.24 bits per heavy atom. The monoisotopic (exact) mass is 469 g/mol. The molecule has 5 N–H and O–H groups in total. The Kier molecular flexibility index (Phi) is 7.73. The van der Waals surface area contributed by atoms with Gasteiger partial charge < -0.3 is 25.8 Å². The third-order valence-electron chi connectivity index (χ3n) is 5.14. The van der Waals surface area contributed by atoms with Crippen molar-refractivity contribution in [2.24, 2.45) is 0 Å². The van der Waals surface area contributed by atoms with E-state index in [-0.39, 0.29) is 41.7 Å². The molecule has 1 aliphatic rings. The summed E-state index contributed by atoms with van der Waals surface area (Å²) in [5.41, 5.74) is 0.383. The van der Waals surface area contributed by atoms with Crippen molar-refractivity contribution in [1.29, 1.82) is 0 Å². The van der Waals surface area contributed by atoms with Crippen molar-refractivity contribution in [2.75, 3.05) is 6.54 Å². The molecule has 33 heavy (non-hydrogen) atoms. The molecule has 3 rings (SSSR count). The van der Waals surface area contributed by atoms with Crippen molar-refractivity contribution in [3.05, 3.63) is 64.0 Å². The molecule has 2 amide bonds. The second-order valence-corrected chi connectivity index (χ2v) is 7.99. The number of carbonyl (C=O) groups is 3. The molecule has 1 heterocycles. The van der Waals surface area contributed by atoms with Crippen LogP contribution in [-0.2, 0) is 9.59 Å². The van der Waals surface area contributed by atoms with Gasteiger partial charge in [-0.05, 0) is 30.5 Å². The lowest BCUT2D eigenvalue weighted by Crippen LogP contribution is -2.47. The van der Waals surface area contributed by atoms with E-state index in [2.05, 4.69) is 15.6 Å². The lowest BCUT2D eigenvalue weighted by Gasteiger charge is -2.18. The van der Waals surface area contributed by atoms with Gasteiger partial charge in [0.15, 0.2) is 5.43 Å². The molecule has 0 bridgehead atoms. The number of nitrogens with one attached hydrogen (secondary N) is 3. The third kappa shape index (κ3) is 6.13. The molecule has 2 aromatic rings. The van der Waals surface area contributed by atoms with Gasteiger partial charge in [0.2, 0.25) is 5.91 Å². The molecule has 0 fully saturated rings. The summed E-state index contributed by atoms with van der Waals surface area (Å²) in [6, 6.07) is 4.30. The molecule has 0 unspecified atom stereocenters. The maximum Gasteiger partial charge on any atom is 0.303 e. The number of thiocarbonyl (C=S) groups is 1. The predicted octanol–water partition coefficient (Wildman–Crippen LogP) is 1.96. The number of fused-ring (bicyclic) bond motifs is 1. The topological polar surface area (TPSA) is 149 Å². The van der Waals surface area contributed by atoms with E-state index < -0.39 is 29.3 Å². The minimum atomic E-state index is -1.13. The van der Waals surface area contributed by atoms with Gasteiger partial charge in [0, 0.05) is 35.7 Å². The zero-order valence-corrected chi connectivity index (χ0v) is 18.4. The second-order valence-electron chi connectivity index (χ2n) is 7.49. The number of aromatic nitrogens is 1. The van der Waals surface area contributed by atoms with Crippen molar-refractivity contribution >= 4 is 45.8 Å². The Morgan fingerprint density at radius 2 is 2.03 bits per heavy atom. The number of pyridine rings is 1. The van der Waals surface area contributed by atoms with Crippen LogP contribution in [0.3, 0.4) is 0 Å². The standard InChI is InChI=1S/C23H23N3O6S/c27-17-6-3-5-14-18(28)12-16(25-21(14)17)23(32)26-15(8-9-20(29)30)22(31)24-11-10-13-4-1-2-7-19(13)33/h1-6,12,15,27H,7-11H2,(H,24,31)(H,25,28)(H,26,32)(H,29,30)/t15-/m0/s1. The lowest BCUT2D eigenvalue weighted by atomic mass is 10.0. The van der Waals surface area contributed by atoms with Crippen LogP contribution in [0.15, 0.2) is 52.9 Å². The Balaban J connectivity index is 1.71. The van der Waals surface area contributed by atoms with Gasteiger partial charge in [0.1, 0.15) is 17.5 Å². The van der Waals surface area contributed by atoms with Crippen LogP contribution in [0, 0.1) is 0 Å². The van der Waals surface area contributed by atoms with Crippen molar-refractivity contribution in [3.8, 4) is 5.75 Å². The number of carboxylic acid groups (broad SMARTS) is 1. The molecule has 1 aromatic heterocycles. The summed E-state index contributed by atoms with van der Waals surface area (Å²) in [6.07, 6.45) is 6.42. The molecule has 1 atom stereocenters. The smallest absolute Gasteiger partial charge is 0.303 e. The Labute approximate surface area is 194 Å². The fraction of sp³-hybridized carbons (Fsp3) is 0.261. The van der Waals surface area contributed by atoms with Crippen LogP contribution in [0.25, 0.3) is 10.9 Å². The molecular formula is C23H23N3O6S. The molecule has 1 aromatic carbocycles. The molecule has 0 radical (unpaired) electrons. The fourth-order valence-corrected chi connectivity index (χ4v) is 3.67. The number of aliphatic carboxylic acids is 1. The number of phenols is 1. The van der Waals surface area contributed by atoms with Crippen LogP contribution >= 0.6 is 12.2 Å². The average molecular weight is 470 g/mol. The molecule has 9 nitrogen and oxygen atoms in total. The number of hydrogen-bond acceptors (Lipinski definition) is 6. The number of carboxylic acids is 1. The first-order valence-electron chi connectivity index (χ1n) is 10.3. The van der Waals surface area contributed by atoms with E-state index in [0.717, 1.165) is 16.5 Å². The van der Waals surface area contributed by atoms with Crippen LogP contribution in [-0.4, -0.2) is 50.4 Å². The largest absolute Gasteiger partial charge is 0.506 e. The lowest BCUT2D eigenvalue weighted by molar-refractivity contribution is -0.137. The Morgan fingerprint density at radius 3 is 2.76 bits per heavy atom. The highest BCUT2D eigenvalue weighted by Gasteiger charge is 2.23. The number of benzene rings is 1. The normalized spacial score (nSPS) is 13.9. The molecule has 0 spiro atoms. The molecule has 1 aliphatic carbocycles. The van der Waals surface area contributed by atoms with E-state index in [0.29, 0.717) is 12.8 Å². The van der Waals surface area contributed by atoms with Crippen LogP contribution in [0.5, 0.6) is 5.75 Å². The zero-order valence-electron chi connectivity index (χ0n) is 17.6. The van der Waals surface area contributed by atoms with Gasteiger partial charge in [-0.3, -0.25) is 19.2 Å². The van der Waals surface area contributed by atoms with Crippen LogP contribution in [0.2, 0.25) is 0 Å². The van der Waals surface area contributed by atoms with Crippen LogP contribution in [0.4, 0.5) is 0 Å². The number of para-hydroxylation sites is 1. The SMILES string of the molecule is O=C(O)CC[C@H](NC(=O)c1cc(=O)c2cccc(O)c2[nH]1)C(=O)NCCC1=CC=CCC1=S. The first kappa shape index (κ1) is 23.9. The summed E-state index contributed by atoms with van der Waals surface area (Å²) in [6.45, 7) is 0.263. The Hall–Kier alpha value is -3.79. The summed E-state index contributed by atoms with van der Waals surface area (Å²) in [5.74, 6) is -2.64. The molecule has 0 saturated heterocycles. The fourth-order valence-electron chi connectivity index (χ4n) is 3.40. The van der Waals surface area contributed by atoms with Gasteiger partial charge in [-0.25, -0.2) is 0 Å². The van der Waals surface area contributed by atoms with Crippen LogP contribution < -0.4 is 16.1 Å². The zero-order chi connectivity index (χ0) is 24.0. The number of aromatic amines is 1. The highest BCUT2D eigenvalue weighted by molar-refractivity contribution is 7.80. The number of allylic oxidation sites excluding steroid dienone is 3. The van der Waals surface area contributed by atoms with Gasteiger partial charge in [-0.1, -0.05) is 36.5 Å². The predicted molar refractivity (Wildman–Crippen MR) is 126 cm³/mol. The summed E-state index contributed by atoms with van der Waals surface area (Å²) in [4.78, 5) is 52.3. The maximum atomic E-state index is 12.8. The summed E-state index contributed by atoms with van der Waals surface area (Å²) >= 11 is 5.29. The van der Waals surface area contributed by atoms with Gasteiger partial charge in [0.25, 0.3) is 5.91 Å². The average Bonchev–Trinajstić information content (AvgIpc) is 2.78. The molecular weight excluding hydrogens is 446 g/mol. The number of hydrogen-bond donors (Lipinski definition) is 5. The van der Waals surface area contributed by atoms with E-state index in [1.807, 2.05) is 18.2 Å². The van der Waals surface area contributed by atoms with Gasteiger partial charge in [0.05, 0.1) is 5.52 Å². The number of phenolic OH excluding ortho intramolecular Hbond substituents is 1.